The molecular weight excluding hydrogens is 620 g/mol. The molecule has 0 radical (unpaired) electrons. The van der Waals surface area contributed by atoms with Crippen molar-refractivity contribution in [3.8, 4) is 0 Å². The molecule has 3 N–H and O–H groups in total. The number of esters is 1. The Morgan fingerprint density at radius 1 is 1.00 bits per heavy atom. The third-order valence-corrected chi connectivity index (χ3v) is 8.01. The number of nitrogens with one attached hydrogen (secondary N) is 3. The van der Waals surface area contributed by atoms with Crippen LogP contribution in [-0.2, 0) is 25.5 Å². The zero-order valence-corrected chi connectivity index (χ0v) is 26.2. The van der Waals surface area contributed by atoms with Gasteiger partial charge in [0.05, 0.1) is 24.0 Å². The van der Waals surface area contributed by atoms with Gasteiger partial charge in [-0.3, -0.25) is 19.2 Å². The van der Waals surface area contributed by atoms with Crippen LogP contribution in [0, 0.1) is 0 Å². The van der Waals surface area contributed by atoms with Gasteiger partial charge in [0.25, 0.3) is 11.8 Å². The van der Waals surface area contributed by atoms with Gasteiger partial charge in [0.1, 0.15) is 5.70 Å². The minimum Gasteiger partial charge on any atom is -0.466 e. The van der Waals surface area contributed by atoms with E-state index in [0.29, 0.717) is 32.7 Å². The number of ether oxygens (including phenoxy) is 1. The molecule has 44 heavy (non-hydrogen) atoms. The lowest BCUT2D eigenvalue weighted by molar-refractivity contribution is -0.142. The molecule has 1 atom stereocenters. The normalized spacial score (nSPS) is 11.8. The van der Waals surface area contributed by atoms with Gasteiger partial charge in [-0.15, -0.1) is 23.1 Å². The lowest BCUT2D eigenvalue weighted by Gasteiger charge is -2.14. The van der Waals surface area contributed by atoms with Gasteiger partial charge in [-0.05, 0) is 68.0 Å². The molecule has 4 aromatic rings. The molecule has 0 fully saturated rings. The first-order valence-corrected chi connectivity index (χ1v) is 15.7. The number of amides is 3. The van der Waals surface area contributed by atoms with Crippen molar-refractivity contribution in [3.05, 3.63) is 112 Å². The first kappa shape index (κ1) is 32.5. The van der Waals surface area contributed by atoms with E-state index < -0.39 is 17.1 Å². The topological polar surface area (TPSA) is 126 Å². The molecule has 0 bridgehead atoms. The van der Waals surface area contributed by atoms with Gasteiger partial charge in [-0.2, -0.15) is 0 Å². The van der Waals surface area contributed by atoms with Crippen LogP contribution in [0.3, 0.4) is 0 Å². The maximum absolute atomic E-state index is 13.4. The molecule has 1 aromatic heterocycles. The zero-order valence-electron chi connectivity index (χ0n) is 23.8. The van der Waals surface area contributed by atoms with Gasteiger partial charge in [0.15, 0.2) is 5.13 Å². The van der Waals surface area contributed by atoms with E-state index in [2.05, 4.69) is 20.9 Å². The minimum absolute atomic E-state index is 0.0256. The van der Waals surface area contributed by atoms with Crippen LogP contribution in [-0.4, -0.2) is 40.5 Å². The summed E-state index contributed by atoms with van der Waals surface area (Å²) in [6.45, 7) is 3.78. The molecule has 9 nitrogen and oxygen atoms in total. The molecule has 0 aliphatic rings. The number of benzene rings is 3. The highest BCUT2D eigenvalue weighted by molar-refractivity contribution is 8.00. The van der Waals surface area contributed by atoms with E-state index in [0.717, 1.165) is 4.90 Å². The Balaban J connectivity index is 1.42. The van der Waals surface area contributed by atoms with Crippen LogP contribution in [0.25, 0.3) is 6.08 Å². The number of thiazole rings is 1. The summed E-state index contributed by atoms with van der Waals surface area (Å²) >= 11 is 8.65. The summed E-state index contributed by atoms with van der Waals surface area (Å²) in [5.74, 6) is -1.62. The van der Waals surface area contributed by atoms with Gasteiger partial charge in [-0.1, -0.05) is 48.0 Å². The lowest BCUT2D eigenvalue weighted by Crippen LogP contribution is -2.30. The second-order valence-electron chi connectivity index (χ2n) is 9.29. The van der Waals surface area contributed by atoms with Crippen molar-refractivity contribution in [2.45, 2.75) is 30.4 Å². The van der Waals surface area contributed by atoms with Crippen LogP contribution in [0.1, 0.15) is 35.5 Å². The molecule has 3 aromatic carbocycles. The summed E-state index contributed by atoms with van der Waals surface area (Å²) in [5, 5.41) is 10.4. The summed E-state index contributed by atoms with van der Waals surface area (Å²) in [6, 6.07) is 22.5. The van der Waals surface area contributed by atoms with Crippen LogP contribution in [0.5, 0.6) is 0 Å². The standard InChI is InChI=1S/C32H29ClN4O5S2/c1-3-42-28(38)18-25-19-43-32(35-25)37-29(39)20(2)44-26-14-8-13-24(17-26)34-31(41)27(16-21-9-7-12-23(33)15-21)36-30(40)22-10-5-4-6-11-22/h4-17,19-20H,3,18H2,1-2H3,(H,34,41)(H,36,40)(H,35,37,39)/b27-16-. The average molecular weight is 649 g/mol. The predicted octanol–water partition coefficient (Wildman–Crippen LogP) is 6.43. The fourth-order valence-corrected chi connectivity index (χ4v) is 5.66. The fourth-order valence-electron chi connectivity index (χ4n) is 3.82. The Kier molecular flexibility index (Phi) is 11.7. The number of anilines is 2. The second kappa shape index (κ2) is 15.9. The zero-order chi connectivity index (χ0) is 31.5. The van der Waals surface area contributed by atoms with Crippen molar-refractivity contribution in [2.24, 2.45) is 0 Å². The number of halogens is 1. The Bertz CT molecular complexity index is 1680. The van der Waals surface area contributed by atoms with Crippen LogP contribution in [0.2, 0.25) is 5.02 Å². The molecule has 0 aliphatic carbocycles. The van der Waals surface area contributed by atoms with Crippen molar-refractivity contribution >= 4 is 75.3 Å². The fraction of sp³-hybridized carbons (Fsp3) is 0.156. The summed E-state index contributed by atoms with van der Waals surface area (Å²) in [4.78, 5) is 55.8. The summed E-state index contributed by atoms with van der Waals surface area (Å²) in [6.07, 6.45) is 1.58. The molecule has 0 saturated carbocycles. The molecule has 3 amide bonds. The minimum atomic E-state index is -0.537. The Hall–Kier alpha value is -4.45. The quantitative estimate of drug-likeness (QED) is 0.0918. The smallest absolute Gasteiger partial charge is 0.311 e. The van der Waals surface area contributed by atoms with Gasteiger partial charge in [-0.25, -0.2) is 4.98 Å². The first-order chi connectivity index (χ1) is 21.2. The Morgan fingerprint density at radius 3 is 2.52 bits per heavy atom. The number of hydrogen-bond acceptors (Lipinski definition) is 8. The Labute approximate surface area is 268 Å². The average Bonchev–Trinajstić information content (AvgIpc) is 3.43. The summed E-state index contributed by atoms with van der Waals surface area (Å²) in [7, 11) is 0. The van der Waals surface area contributed by atoms with E-state index in [1.54, 1.807) is 98.1 Å². The van der Waals surface area contributed by atoms with E-state index in [1.165, 1.54) is 23.1 Å². The highest BCUT2D eigenvalue weighted by Gasteiger charge is 2.19. The number of rotatable bonds is 12. The highest BCUT2D eigenvalue weighted by atomic mass is 35.5. The molecule has 4 rings (SSSR count). The number of carbonyl (C=O) groups is 4. The number of aromatic nitrogens is 1. The molecule has 0 saturated heterocycles. The first-order valence-electron chi connectivity index (χ1n) is 13.5. The third kappa shape index (κ3) is 9.80. The summed E-state index contributed by atoms with van der Waals surface area (Å²) in [5.41, 5.74) is 2.06. The van der Waals surface area contributed by atoms with Crippen molar-refractivity contribution in [2.75, 3.05) is 17.2 Å². The van der Waals surface area contributed by atoms with Gasteiger partial charge >= 0.3 is 5.97 Å². The van der Waals surface area contributed by atoms with E-state index in [1.807, 2.05) is 6.07 Å². The van der Waals surface area contributed by atoms with E-state index in [4.69, 9.17) is 16.3 Å². The SMILES string of the molecule is CCOC(=O)Cc1csc(NC(=O)C(C)Sc2cccc(NC(=O)/C(=C/c3cccc(Cl)c3)NC(=O)c3ccccc3)c2)n1. The van der Waals surface area contributed by atoms with Crippen LogP contribution in [0.4, 0.5) is 10.8 Å². The van der Waals surface area contributed by atoms with Crippen LogP contribution < -0.4 is 16.0 Å². The van der Waals surface area contributed by atoms with E-state index in [-0.39, 0.29) is 30.6 Å². The molecule has 0 aliphatic heterocycles. The molecule has 0 spiro atoms. The maximum Gasteiger partial charge on any atom is 0.311 e. The van der Waals surface area contributed by atoms with Crippen molar-refractivity contribution in [1.82, 2.24) is 10.3 Å². The number of carbonyl (C=O) groups excluding carboxylic acids is 4. The number of nitrogens with zero attached hydrogens (tertiary/aromatic N) is 1. The third-order valence-electron chi connectivity index (χ3n) is 5.88. The Morgan fingerprint density at radius 2 is 1.77 bits per heavy atom. The number of thioether (sulfide) groups is 1. The number of hydrogen-bond donors (Lipinski definition) is 3. The largest absolute Gasteiger partial charge is 0.466 e. The van der Waals surface area contributed by atoms with Crippen molar-refractivity contribution in [1.29, 1.82) is 0 Å². The van der Waals surface area contributed by atoms with Crippen molar-refractivity contribution < 1.29 is 23.9 Å². The van der Waals surface area contributed by atoms with Crippen LogP contribution in [0.15, 0.2) is 94.8 Å². The molecule has 12 heteroatoms. The van der Waals surface area contributed by atoms with Gasteiger partial charge in [0.2, 0.25) is 5.91 Å². The maximum atomic E-state index is 13.4. The molecule has 226 valence electrons. The van der Waals surface area contributed by atoms with Gasteiger partial charge in [0, 0.05) is 26.5 Å². The van der Waals surface area contributed by atoms with E-state index >= 15 is 0 Å². The lowest BCUT2D eigenvalue weighted by atomic mass is 10.1. The highest BCUT2D eigenvalue weighted by Crippen LogP contribution is 2.27. The van der Waals surface area contributed by atoms with E-state index in [9.17, 15) is 19.2 Å². The summed E-state index contributed by atoms with van der Waals surface area (Å²) < 4.78 is 4.94. The molecule has 1 unspecified atom stereocenters. The molecule has 1 heterocycles. The predicted molar refractivity (Wildman–Crippen MR) is 175 cm³/mol. The van der Waals surface area contributed by atoms with Crippen LogP contribution >= 0.6 is 34.7 Å². The second-order valence-corrected chi connectivity index (χ2v) is 12.0. The van der Waals surface area contributed by atoms with Gasteiger partial charge < -0.3 is 20.7 Å². The molecular formula is C32H29ClN4O5S2. The monoisotopic (exact) mass is 648 g/mol. The van der Waals surface area contributed by atoms with Crippen molar-refractivity contribution in [3.63, 3.8) is 0 Å².